The highest BCUT2D eigenvalue weighted by molar-refractivity contribution is 7.47. The first kappa shape index (κ1) is 86.1. The van der Waals surface area contributed by atoms with E-state index in [0.717, 1.165) is 102 Å². The number of carbonyl (C=O) groups is 4. The van der Waals surface area contributed by atoms with Gasteiger partial charge in [0.15, 0.2) is 12.2 Å². The molecule has 522 valence electrons. The van der Waals surface area contributed by atoms with Gasteiger partial charge in [0.05, 0.1) is 26.4 Å². The molecule has 0 aromatic rings. The lowest BCUT2D eigenvalue weighted by Gasteiger charge is -2.21. The molecule has 0 aromatic carbocycles. The zero-order chi connectivity index (χ0) is 64.9. The Morgan fingerprint density at radius 2 is 0.523 bits per heavy atom. The van der Waals surface area contributed by atoms with Gasteiger partial charge < -0.3 is 33.8 Å². The first-order valence-corrected chi connectivity index (χ1v) is 39.1. The number of aliphatic hydroxyl groups excluding tert-OH is 1. The third-order valence-electron chi connectivity index (χ3n) is 16.0. The zero-order valence-corrected chi connectivity index (χ0v) is 58.6. The summed E-state index contributed by atoms with van der Waals surface area (Å²) in [6.45, 7) is 7.16. The second-order valence-corrected chi connectivity index (χ2v) is 28.3. The van der Waals surface area contributed by atoms with Gasteiger partial charge in [0.25, 0.3) is 0 Å². The van der Waals surface area contributed by atoms with Crippen molar-refractivity contribution in [2.75, 3.05) is 39.6 Å². The fourth-order valence-corrected chi connectivity index (χ4v) is 12.0. The third kappa shape index (κ3) is 62.8. The van der Waals surface area contributed by atoms with E-state index in [1.54, 1.807) is 0 Å². The second kappa shape index (κ2) is 62.5. The van der Waals surface area contributed by atoms with Crippen LogP contribution in [0.5, 0.6) is 0 Å². The topological polar surface area (TPSA) is 237 Å². The van der Waals surface area contributed by atoms with Gasteiger partial charge in [0, 0.05) is 25.7 Å². The molecule has 0 aliphatic rings. The van der Waals surface area contributed by atoms with Gasteiger partial charge in [0.2, 0.25) is 0 Å². The zero-order valence-electron chi connectivity index (χ0n) is 56.9. The van der Waals surface area contributed by atoms with Crippen molar-refractivity contribution in [1.29, 1.82) is 0 Å². The van der Waals surface area contributed by atoms with Crippen molar-refractivity contribution in [3.05, 3.63) is 0 Å². The Morgan fingerprint density at radius 1 is 0.307 bits per heavy atom. The van der Waals surface area contributed by atoms with E-state index in [-0.39, 0.29) is 25.7 Å². The van der Waals surface area contributed by atoms with Crippen molar-refractivity contribution in [3.8, 4) is 0 Å². The number of phosphoric acid groups is 2. The number of hydrogen-bond donors (Lipinski definition) is 3. The summed E-state index contributed by atoms with van der Waals surface area (Å²) in [7, 11) is -9.89. The molecule has 88 heavy (non-hydrogen) atoms. The number of hydrogen-bond acceptors (Lipinski definition) is 15. The Morgan fingerprint density at radius 3 is 0.773 bits per heavy atom. The number of phosphoric ester groups is 2. The van der Waals surface area contributed by atoms with Crippen LogP contribution in [0, 0.1) is 5.92 Å². The van der Waals surface area contributed by atoms with Crippen LogP contribution in [0.3, 0.4) is 0 Å². The van der Waals surface area contributed by atoms with Crippen molar-refractivity contribution in [3.63, 3.8) is 0 Å². The summed E-state index contributed by atoms with van der Waals surface area (Å²) < 4.78 is 68.1. The monoisotopic (exact) mass is 1300 g/mol. The molecule has 3 N–H and O–H groups in total. The number of ether oxygens (including phenoxy) is 4. The summed E-state index contributed by atoms with van der Waals surface area (Å²) in [6, 6.07) is 0. The van der Waals surface area contributed by atoms with Gasteiger partial charge in [-0.2, -0.15) is 0 Å². The maximum Gasteiger partial charge on any atom is 0.472 e. The molecule has 19 heteroatoms. The molecule has 0 aliphatic carbocycles. The van der Waals surface area contributed by atoms with Gasteiger partial charge >= 0.3 is 39.5 Å². The average molecular weight is 1300 g/mol. The predicted octanol–water partition coefficient (Wildman–Crippen LogP) is 19.7. The van der Waals surface area contributed by atoms with Crippen molar-refractivity contribution in [2.24, 2.45) is 5.92 Å². The summed E-state index contributed by atoms with van der Waals surface area (Å²) in [5, 5.41) is 10.6. The molecule has 0 radical (unpaired) electrons. The molecule has 0 bridgehead atoms. The maximum atomic E-state index is 13.0. The lowest BCUT2D eigenvalue weighted by Crippen LogP contribution is -2.30. The first-order chi connectivity index (χ1) is 42.5. The summed E-state index contributed by atoms with van der Waals surface area (Å²) in [5.74, 6) is -1.40. The standard InChI is InChI=1S/C69H134O17P2/c1-6-9-12-15-18-21-22-23-24-25-26-27-28-29-30-31-33-40-45-50-55-69(74)86-65(59-80-67(72)53-48-43-38-35-34-36-41-46-51-62(4)5)61-84-88(77,78)82-57-63(70)56-81-87(75,76)83-60-64(58-79-66(71)52-47-42-37-20-17-14-11-8-3)85-68(73)54-49-44-39-32-19-16-13-10-7-2/h62-65,70H,6-61H2,1-5H3,(H,75,76)(H,77,78)/t63-,64+,65+/m0/s1. The maximum absolute atomic E-state index is 13.0. The van der Waals surface area contributed by atoms with Gasteiger partial charge in [-0.05, 0) is 31.6 Å². The molecule has 2 unspecified atom stereocenters. The van der Waals surface area contributed by atoms with E-state index in [9.17, 15) is 43.2 Å². The fourth-order valence-electron chi connectivity index (χ4n) is 10.5. The van der Waals surface area contributed by atoms with Crippen LogP contribution in [0.15, 0.2) is 0 Å². The highest BCUT2D eigenvalue weighted by Gasteiger charge is 2.30. The highest BCUT2D eigenvalue weighted by atomic mass is 31.2. The van der Waals surface area contributed by atoms with E-state index in [2.05, 4.69) is 34.6 Å². The van der Waals surface area contributed by atoms with Crippen LogP contribution in [0.4, 0.5) is 0 Å². The Balaban J connectivity index is 5.14. The fraction of sp³-hybridized carbons (Fsp3) is 0.942. The van der Waals surface area contributed by atoms with E-state index in [0.29, 0.717) is 25.7 Å². The lowest BCUT2D eigenvalue weighted by atomic mass is 10.0. The predicted molar refractivity (Wildman–Crippen MR) is 354 cm³/mol. The number of carbonyl (C=O) groups excluding carboxylic acids is 4. The number of esters is 4. The van der Waals surface area contributed by atoms with E-state index in [1.165, 1.54) is 173 Å². The van der Waals surface area contributed by atoms with Crippen LogP contribution < -0.4 is 0 Å². The van der Waals surface area contributed by atoms with Crippen molar-refractivity contribution >= 4 is 39.5 Å². The van der Waals surface area contributed by atoms with E-state index < -0.39 is 97.5 Å². The average Bonchev–Trinajstić information content (AvgIpc) is 3.71. The van der Waals surface area contributed by atoms with E-state index in [4.69, 9.17) is 37.0 Å². The van der Waals surface area contributed by atoms with Crippen LogP contribution in [-0.2, 0) is 65.4 Å². The van der Waals surface area contributed by atoms with Gasteiger partial charge in [-0.1, -0.05) is 304 Å². The molecule has 17 nitrogen and oxygen atoms in total. The van der Waals surface area contributed by atoms with Crippen LogP contribution in [0.2, 0.25) is 0 Å². The molecular formula is C69H134O17P2. The molecule has 0 saturated carbocycles. The molecule has 0 aromatic heterocycles. The molecule has 0 spiro atoms. The Bertz CT molecular complexity index is 1700. The van der Waals surface area contributed by atoms with Gasteiger partial charge in [-0.25, -0.2) is 9.13 Å². The minimum Gasteiger partial charge on any atom is -0.462 e. The second-order valence-electron chi connectivity index (χ2n) is 25.4. The minimum absolute atomic E-state index is 0.106. The van der Waals surface area contributed by atoms with Crippen molar-refractivity contribution < 1.29 is 80.2 Å². The van der Waals surface area contributed by atoms with Crippen molar-refractivity contribution in [1.82, 2.24) is 0 Å². The minimum atomic E-state index is -4.95. The van der Waals surface area contributed by atoms with Crippen molar-refractivity contribution in [2.45, 2.75) is 374 Å². The van der Waals surface area contributed by atoms with Crippen LogP contribution in [-0.4, -0.2) is 96.7 Å². The van der Waals surface area contributed by atoms with Gasteiger partial charge in [-0.15, -0.1) is 0 Å². The molecule has 0 amide bonds. The molecule has 0 heterocycles. The summed E-state index contributed by atoms with van der Waals surface area (Å²) in [4.78, 5) is 72.3. The van der Waals surface area contributed by atoms with E-state index >= 15 is 0 Å². The summed E-state index contributed by atoms with van der Waals surface area (Å²) in [6.07, 6.45) is 48.8. The third-order valence-corrected chi connectivity index (χ3v) is 17.9. The van der Waals surface area contributed by atoms with Gasteiger partial charge in [0.1, 0.15) is 19.3 Å². The molecular weight excluding hydrogens is 1160 g/mol. The number of rotatable bonds is 69. The Labute approximate surface area is 537 Å². The highest BCUT2D eigenvalue weighted by Crippen LogP contribution is 2.45. The van der Waals surface area contributed by atoms with E-state index in [1.807, 2.05) is 0 Å². The normalized spacial score (nSPS) is 14.1. The SMILES string of the molecule is CCCCCCCCCCCCCCCCCCCCCCC(=O)O[C@H](COC(=O)CCCCCCCCCCC(C)C)COP(=O)(O)OC[C@@H](O)COP(=O)(O)OC[C@@H](COC(=O)CCCCCCCCCC)OC(=O)CCCCCCCCCCC. The molecule has 0 fully saturated rings. The number of aliphatic hydroxyl groups is 1. The first-order valence-electron chi connectivity index (χ1n) is 36.1. The Hall–Kier alpha value is -1.94. The molecule has 0 rings (SSSR count). The lowest BCUT2D eigenvalue weighted by molar-refractivity contribution is -0.161. The summed E-state index contributed by atoms with van der Waals surface area (Å²) >= 11 is 0. The molecule has 0 aliphatic heterocycles. The van der Waals surface area contributed by atoms with Crippen LogP contribution >= 0.6 is 15.6 Å². The molecule has 5 atom stereocenters. The van der Waals surface area contributed by atoms with Crippen LogP contribution in [0.25, 0.3) is 0 Å². The molecule has 0 saturated heterocycles. The van der Waals surface area contributed by atoms with Crippen LogP contribution in [0.1, 0.15) is 356 Å². The largest absolute Gasteiger partial charge is 0.472 e. The Kier molecular flexibility index (Phi) is 61.1. The number of unbranched alkanes of at least 4 members (excludes halogenated alkanes) is 41. The smallest absolute Gasteiger partial charge is 0.462 e. The summed E-state index contributed by atoms with van der Waals surface area (Å²) in [5.41, 5.74) is 0. The van der Waals surface area contributed by atoms with Gasteiger partial charge in [-0.3, -0.25) is 37.3 Å². The quantitative estimate of drug-likeness (QED) is 0.0222.